The van der Waals surface area contributed by atoms with Crippen molar-refractivity contribution in [3.8, 4) is 0 Å². The Balaban J connectivity index is 1.74. The number of benzene rings is 1. The number of hydrogen-bond donors (Lipinski definition) is 2. The first-order valence-electron chi connectivity index (χ1n) is 6.91. The maximum Gasteiger partial charge on any atom is 0.0742 e. The van der Waals surface area contributed by atoms with Gasteiger partial charge in [0.05, 0.1) is 12.1 Å². The zero-order chi connectivity index (χ0) is 12.6. The standard InChI is InChI=1S/C15H22N2O/c1-12-4-2-3-5-14(12)16-15(11-18)8-9-17(10-15)13-6-7-13/h2-5,13,16,18H,6-11H2,1H3. The van der Waals surface area contributed by atoms with Gasteiger partial charge in [-0.3, -0.25) is 4.90 Å². The van der Waals surface area contributed by atoms with E-state index in [4.69, 9.17) is 0 Å². The second kappa shape index (κ2) is 4.56. The Hall–Kier alpha value is -1.06. The second-order valence-corrected chi connectivity index (χ2v) is 5.83. The van der Waals surface area contributed by atoms with Gasteiger partial charge >= 0.3 is 0 Å². The molecule has 1 unspecified atom stereocenters. The molecule has 0 radical (unpaired) electrons. The highest BCUT2D eigenvalue weighted by molar-refractivity contribution is 5.52. The quantitative estimate of drug-likeness (QED) is 0.853. The number of aliphatic hydroxyl groups is 1. The van der Waals surface area contributed by atoms with Gasteiger partial charge in [0, 0.05) is 24.8 Å². The summed E-state index contributed by atoms with van der Waals surface area (Å²) in [5.41, 5.74) is 2.26. The van der Waals surface area contributed by atoms with E-state index in [0.29, 0.717) is 0 Å². The van der Waals surface area contributed by atoms with Gasteiger partial charge in [-0.2, -0.15) is 0 Å². The van der Waals surface area contributed by atoms with E-state index < -0.39 is 0 Å². The van der Waals surface area contributed by atoms with Gasteiger partial charge in [0.1, 0.15) is 0 Å². The van der Waals surface area contributed by atoms with E-state index >= 15 is 0 Å². The summed E-state index contributed by atoms with van der Waals surface area (Å²) in [7, 11) is 0. The predicted molar refractivity (Wildman–Crippen MR) is 73.8 cm³/mol. The third kappa shape index (κ3) is 2.25. The zero-order valence-electron chi connectivity index (χ0n) is 11.0. The molecule has 0 amide bonds. The number of anilines is 1. The molecule has 1 aromatic carbocycles. The van der Waals surface area contributed by atoms with Crippen molar-refractivity contribution in [2.24, 2.45) is 0 Å². The number of aryl methyl sites for hydroxylation is 1. The number of nitrogens with zero attached hydrogens (tertiary/aromatic N) is 1. The highest BCUT2D eigenvalue weighted by Crippen LogP contribution is 2.35. The smallest absolute Gasteiger partial charge is 0.0742 e. The van der Waals surface area contributed by atoms with Crippen LogP contribution >= 0.6 is 0 Å². The lowest BCUT2D eigenvalue weighted by Crippen LogP contribution is -2.45. The average molecular weight is 246 g/mol. The van der Waals surface area contributed by atoms with Gasteiger partial charge in [-0.15, -0.1) is 0 Å². The fraction of sp³-hybridized carbons (Fsp3) is 0.600. The molecule has 1 saturated heterocycles. The zero-order valence-corrected chi connectivity index (χ0v) is 11.0. The third-order valence-corrected chi connectivity index (χ3v) is 4.29. The normalized spacial score (nSPS) is 28.6. The molecule has 0 aromatic heterocycles. The number of rotatable bonds is 4. The van der Waals surface area contributed by atoms with E-state index in [1.165, 1.54) is 18.4 Å². The third-order valence-electron chi connectivity index (χ3n) is 4.29. The van der Waals surface area contributed by atoms with Crippen molar-refractivity contribution < 1.29 is 5.11 Å². The van der Waals surface area contributed by atoms with Crippen molar-refractivity contribution in [2.45, 2.75) is 37.8 Å². The van der Waals surface area contributed by atoms with Gasteiger partial charge in [-0.25, -0.2) is 0 Å². The Morgan fingerprint density at radius 3 is 2.83 bits per heavy atom. The molecular formula is C15H22N2O. The van der Waals surface area contributed by atoms with Gasteiger partial charge in [-0.05, 0) is 37.8 Å². The van der Waals surface area contributed by atoms with Gasteiger partial charge in [-0.1, -0.05) is 18.2 Å². The molecule has 2 N–H and O–H groups in total. The van der Waals surface area contributed by atoms with Gasteiger partial charge in [0.15, 0.2) is 0 Å². The van der Waals surface area contributed by atoms with E-state index in [9.17, 15) is 5.11 Å². The highest BCUT2D eigenvalue weighted by Gasteiger charge is 2.42. The van der Waals surface area contributed by atoms with Crippen LogP contribution in [0.3, 0.4) is 0 Å². The van der Waals surface area contributed by atoms with E-state index in [1.807, 2.05) is 6.07 Å². The van der Waals surface area contributed by atoms with E-state index in [0.717, 1.165) is 31.2 Å². The van der Waals surface area contributed by atoms with Crippen LogP contribution in [0, 0.1) is 6.92 Å². The Labute approximate surface area is 109 Å². The fourth-order valence-electron chi connectivity index (χ4n) is 2.93. The molecule has 0 bridgehead atoms. The molecular weight excluding hydrogens is 224 g/mol. The Kier molecular flexibility index (Phi) is 3.04. The summed E-state index contributed by atoms with van der Waals surface area (Å²) in [6, 6.07) is 9.11. The monoisotopic (exact) mass is 246 g/mol. The van der Waals surface area contributed by atoms with Crippen molar-refractivity contribution in [3.63, 3.8) is 0 Å². The molecule has 1 saturated carbocycles. The van der Waals surface area contributed by atoms with Crippen molar-refractivity contribution in [1.29, 1.82) is 0 Å². The Morgan fingerprint density at radius 1 is 1.39 bits per heavy atom. The summed E-state index contributed by atoms with van der Waals surface area (Å²) >= 11 is 0. The first kappa shape index (κ1) is 12.0. The molecule has 18 heavy (non-hydrogen) atoms. The minimum Gasteiger partial charge on any atom is -0.394 e. The average Bonchev–Trinajstić information content (AvgIpc) is 3.15. The minimum atomic E-state index is -0.144. The number of nitrogens with one attached hydrogen (secondary N) is 1. The maximum absolute atomic E-state index is 9.80. The molecule has 1 aliphatic carbocycles. The summed E-state index contributed by atoms with van der Waals surface area (Å²) in [5.74, 6) is 0. The molecule has 0 spiro atoms. The molecule has 1 heterocycles. The topological polar surface area (TPSA) is 35.5 Å². The second-order valence-electron chi connectivity index (χ2n) is 5.83. The van der Waals surface area contributed by atoms with Crippen LogP contribution in [0.15, 0.2) is 24.3 Å². The lowest BCUT2D eigenvalue weighted by molar-refractivity contribution is 0.205. The van der Waals surface area contributed by atoms with Crippen LogP contribution < -0.4 is 5.32 Å². The van der Waals surface area contributed by atoms with Crippen molar-refractivity contribution in [2.75, 3.05) is 25.0 Å². The molecule has 98 valence electrons. The van der Waals surface area contributed by atoms with E-state index in [-0.39, 0.29) is 12.1 Å². The lowest BCUT2D eigenvalue weighted by Gasteiger charge is -2.30. The van der Waals surface area contributed by atoms with Crippen LogP contribution in [0.2, 0.25) is 0 Å². The van der Waals surface area contributed by atoms with E-state index in [2.05, 4.69) is 35.3 Å². The van der Waals surface area contributed by atoms with Crippen LogP contribution in [0.4, 0.5) is 5.69 Å². The van der Waals surface area contributed by atoms with Gasteiger partial charge in [0.25, 0.3) is 0 Å². The molecule has 1 aliphatic heterocycles. The molecule has 3 nitrogen and oxygen atoms in total. The lowest BCUT2D eigenvalue weighted by atomic mass is 9.98. The molecule has 1 aromatic rings. The largest absolute Gasteiger partial charge is 0.394 e. The van der Waals surface area contributed by atoms with E-state index in [1.54, 1.807) is 0 Å². The van der Waals surface area contributed by atoms with Gasteiger partial charge in [0.2, 0.25) is 0 Å². The van der Waals surface area contributed by atoms with Crippen molar-refractivity contribution >= 4 is 5.69 Å². The maximum atomic E-state index is 9.80. The first-order valence-corrected chi connectivity index (χ1v) is 6.91. The summed E-state index contributed by atoms with van der Waals surface area (Å²) in [6.07, 6.45) is 3.71. The predicted octanol–water partition coefficient (Wildman–Crippen LogP) is 2.01. The highest BCUT2D eigenvalue weighted by atomic mass is 16.3. The first-order chi connectivity index (χ1) is 8.72. The Bertz CT molecular complexity index is 430. The summed E-state index contributed by atoms with van der Waals surface area (Å²) < 4.78 is 0. The molecule has 2 aliphatic rings. The van der Waals surface area contributed by atoms with Crippen molar-refractivity contribution in [3.05, 3.63) is 29.8 Å². The number of para-hydroxylation sites is 1. The number of aliphatic hydroxyl groups excluding tert-OH is 1. The summed E-state index contributed by atoms with van der Waals surface area (Å²) in [6.45, 7) is 4.41. The fourth-order valence-corrected chi connectivity index (χ4v) is 2.93. The van der Waals surface area contributed by atoms with Crippen LogP contribution in [-0.2, 0) is 0 Å². The van der Waals surface area contributed by atoms with Gasteiger partial charge < -0.3 is 10.4 Å². The Morgan fingerprint density at radius 2 is 2.17 bits per heavy atom. The number of hydrogen-bond acceptors (Lipinski definition) is 3. The molecule has 1 atom stereocenters. The van der Waals surface area contributed by atoms with Crippen LogP contribution in [0.5, 0.6) is 0 Å². The van der Waals surface area contributed by atoms with Crippen LogP contribution in [-0.4, -0.2) is 41.3 Å². The van der Waals surface area contributed by atoms with Crippen molar-refractivity contribution in [1.82, 2.24) is 4.90 Å². The number of likely N-dealkylation sites (tertiary alicyclic amines) is 1. The van der Waals surface area contributed by atoms with Crippen LogP contribution in [0.25, 0.3) is 0 Å². The summed E-state index contributed by atoms with van der Waals surface area (Å²) in [5, 5.41) is 13.4. The SMILES string of the molecule is Cc1ccccc1NC1(CO)CCN(C2CC2)C1. The van der Waals surface area contributed by atoms with Crippen LogP contribution in [0.1, 0.15) is 24.8 Å². The summed E-state index contributed by atoms with van der Waals surface area (Å²) in [4.78, 5) is 2.53. The molecule has 3 rings (SSSR count). The molecule has 3 heteroatoms. The molecule has 2 fully saturated rings. The minimum absolute atomic E-state index is 0.144.